The van der Waals surface area contributed by atoms with Crippen LogP contribution in [0.5, 0.6) is 0 Å². The van der Waals surface area contributed by atoms with Gasteiger partial charge in [-0.15, -0.1) is 0 Å². The summed E-state index contributed by atoms with van der Waals surface area (Å²) in [5.74, 6) is -1.48. The predicted molar refractivity (Wildman–Crippen MR) is 252 cm³/mol. The largest absolute Gasteiger partial charge is 0.477 e. The number of aliphatic carboxylic acids is 1. The molecule has 0 amide bonds. The zero-order valence-corrected chi connectivity index (χ0v) is 39.7. The van der Waals surface area contributed by atoms with Crippen LogP contribution in [-0.4, -0.2) is 80.6 Å². The van der Waals surface area contributed by atoms with Crippen LogP contribution in [0.25, 0.3) is 0 Å². The van der Waals surface area contributed by atoms with Crippen LogP contribution >= 0.6 is 0 Å². The highest BCUT2D eigenvalue weighted by molar-refractivity contribution is 5.72. The molecular formula is C52H94NO7+. The van der Waals surface area contributed by atoms with Crippen molar-refractivity contribution in [3.8, 4) is 0 Å². The van der Waals surface area contributed by atoms with Gasteiger partial charge in [-0.25, -0.2) is 4.79 Å². The van der Waals surface area contributed by atoms with Crippen molar-refractivity contribution < 1.29 is 38.2 Å². The lowest BCUT2D eigenvalue weighted by molar-refractivity contribution is -0.887. The Bertz CT molecular complexity index is 1120. The van der Waals surface area contributed by atoms with E-state index in [1.54, 1.807) is 0 Å². The smallest absolute Gasteiger partial charge is 0.362 e. The fourth-order valence-corrected chi connectivity index (χ4v) is 7.20. The van der Waals surface area contributed by atoms with Crippen molar-refractivity contribution in [3.63, 3.8) is 0 Å². The highest BCUT2D eigenvalue weighted by Crippen LogP contribution is 2.16. The summed E-state index contributed by atoms with van der Waals surface area (Å²) in [6.07, 6.45) is 51.5. The summed E-state index contributed by atoms with van der Waals surface area (Å²) in [5.41, 5.74) is 0. The Labute approximate surface area is 369 Å². The van der Waals surface area contributed by atoms with Gasteiger partial charge in [0, 0.05) is 19.3 Å². The standard InChI is InChI=1S/C52H93NO7/c1-6-8-10-12-14-16-18-20-22-24-25-27-29-31-33-35-37-39-41-43-51(55)60-48(46-58-45-44-49(52(56)57)53(3,4)5)47-59-50(54)42-40-38-36-34-32-30-28-26-23-21-19-17-15-13-11-9-7-2/h8,10,14,16,20,22,25,27,48-49H,6-7,9,11-13,15,17-19,21,23-24,26,28-47H2,1-5H3/p+1/b10-8+,16-14+,22-20+,27-25+. The number of quaternary nitrogens is 1. The molecule has 0 fully saturated rings. The zero-order valence-electron chi connectivity index (χ0n) is 39.7. The Kier molecular flexibility index (Phi) is 41.0. The number of esters is 2. The topological polar surface area (TPSA) is 99.1 Å². The summed E-state index contributed by atoms with van der Waals surface area (Å²) in [4.78, 5) is 37.1. The third kappa shape index (κ3) is 40.7. The summed E-state index contributed by atoms with van der Waals surface area (Å²) in [7, 11) is 5.53. The summed E-state index contributed by atoms with van der Waals surface area (Å²) in [6, 6.07) is -0.617. The fourth-order valence-electron chi connectivity index (χ4n) is 7.20. The van der Waals surface area contributed by atoms with Gasteiger partial charge in [0.05, 0.1) is 34.4 Å². The van der Waals surface area contributed by atoms with E-state index in [2.05, 4.69) is 62.5 Å². The third-order valence-electron chi connectivity index (χ3n) is 11.0. The first-order valence-corrected chi connectivity index (χ1v) is 24.7. The first-order chi connectivity index (χ1) is 29.1. The second-order valence-corrected chi connectivity index (χ2v) is 17.7. The minimum absolute atomic E-state index is 0.0551. The molecule has 0 saturated carbocycles. The Balaban J connectivity index is 4.29. The molecule has 0 spiro atoms. The average molecular weight is 845 g/mol. The third-order valence-corrected chi connectivity index (χ3v) is 11.0. The van der Waals surface area contributed by atoms with Gasteiger partial charge < -0.3 is 23.8 Å². The van der Waals surface area contributed by atoms with Crippen molar-refractivity contribution >= 4 is 17.9 Å². The molecule has 8 heteroatoms. The van der Waals surface area contributed by atoms with Gasteiger partial charge >= 0.3 is 17.9 Å². The molecule has 0 aliphatic carbocycles. The molecule has 2 unspecified atom stereocenters. The van der Waals surface area contributed by atoms with Gasteiger partial charge in [-0.1, -0.05) is 191 Å². The van der Waals surface area contributed by atoms with E-state index < -0.39 is 18.1 Å². The average Bonchev–Trinajstić information content (AvgIpc) is 3.21. The molecule has 0 saturated heterocycles. The Morgan fingerprint density at radius 3 is 1.38 bits per heavy atom. The van der Waals surface area contributed by atoms with Crippen LogP contribution in [0.2, 0.25) is 0 Å². The minimum Gasteiger partial charge on any atom is -0.477 e. The second-order valence-electron chi connectivity index (χ2n) is 17.7. The lowest BCUT2D eigenvalue weighted by Gasteiger charge is -2.31. The number of carbonyl (C=O) groups is 3. The van der Waals surface area contributed by atoms with E-state index in [1.165, 1.54) is 103 Å². The number of carbonyl (C=O) groups excluding carboxylic acids is 2. The summed E-state index contributed by atoms with van der Waals surface area (Å²) < 4.78 is 17.3. The van der Waals surface area contributed by atoms with E-state index in [4.69, 9.17) is 14.2 Å². The van der Waals surface area contributed by atoms with Crippen molar-refractivity contribution in [2.75, 3.05) is 41.0 Å². The van der Waals surface area contributed by atoms with E-state index in [-0.39, 0.29) is 36.2 Å². The number of nitrogens with zero attached hydrogens (tertiary/aromatic N) is 1. The number of hydrogen-bond donors (Lipinski definition) is 1. The molecule has 0 rings (SSSR count). The quantitative estimate of drug-likeness (QED) is 0.0282. The molecule has 0 aromatic rings. The lowest BCUT2D eigenvalue weighted by atomic mass is 10.0. The number of unbranched alkanes of at least 4 members (excludes halogenated alkanes) is 22. The molecule has 2 atom stereocenters. The summed E-state index contributed by atoms with van der Waals surface area (Å²) >= 11 is 0. The van der Waals surface area contributed by atoms with Crippen LogP contribution in [-0.2, 0) is 28.6 Å². The molecule has 0 radical (unpaired) electrons. The van der Waals surface area contributed by atoms with Crippen molar-refractivity contribution in [2.45, 2.75) is 225 Å². The molecule has 0 aliphatic rings. The maximum atomic E-state index is 12.8. The second kappa shape index (κ2) is 43.0. The Hall–Kier alpha value is -2.71. The number of carboxylic acid groups (broad SMARTS) is 1. The van der Waals surface area contributed by atoms with Gasteiger partial charge in [-0.05, 0) is 51.4 Å². The van der Waals surface area contributed by atoms with E-state index in [0.717, 1.165) is 77.0 Å². The Morgan fingerprint density at radius 1 is 0.517 bits per heavy atom. The number of likely N-dealkylation sites (N-methyl/N-ethyl adjacent to an activating group) is 1. The molecule has 1 N–H and O–H groups in total. The normalized spacial score (nSPS) is 13.3. The molecule has 0 aliphatic heterocycles. The van der Waals surface area contributed by atoms with E-state index >= 15 is 0 Å². The molecule has 8 nitrogen and oxygen atoms in total. The molecule has 0 bridgehead atoms. The van der Waals surface area contributed by atoms with Gasteiger partial charge in [0.2, 0.25) is 0 Å². The maximum absolute atomic E-state index is 12.8. The van der Waals surface area contributed by atoms with Gasteiger partial charge in [0.1, 0.15) is 6.61 Å². The molecule has 60 heavy (non-hydrogen) atoms. The minimum atomic E-state index is -0.877. The number of allylic oxidation sites excluding steroid dienone is 8. The zero-order chi connectivity index (χ0) is 44.2. The van der Waals surface area contributed by atoms with Gasteiger partial charge in [0.25, 0.3) is 0 Å². The van der Waals surface area contributed by atoms with Gasteiger partial charge in [-0.3, -0.25) is 9.59 Å². The number of ether oxygens (including phenoxy) is 3. The van der Waals surface area contributed by atoms with Gasteiger partial charge in [-0.2, -0.15) is 0 Å². The van der Waals surface area contributed by atoms with Crippen molar-refractivity contribution in [3.05, 3.63) is 48.6 Å². The van der Waals surface area contributed by atoms with E-state index in [1.807, 2.05) is 21.1 Å². The number of rotatable bonds is 44. The van der Waals surface area contributed by atoms with Crippen molar-refractivity contribution in [1.29, 1.82) is 0 Å². The monoisotopic (exact) mass is 845 g/mol. The number of hydrogen-bond acceptors (Lipinski definition) is 6. The molecule has 348 valence electrons. The van der Waals surface area contributed by atoms with Crippen LogP contribution < -0.4 is 0 Å². The molecular weight excluding hydrogens is 751 g/mol. The highest BCUT2D eigenvalue weighted by Gasteiger charge is 2.31. The van der Waals surface area contributed by atoms with Crippen molar-refractivity contribution in [2.24, 2.45) is 0 Å². The molecule has 0 aromatic heterocycles. The SMILES string of the molecule is CC/C=C/C/C=C/C/C=C/C/C=C/CCCCCCCCC(=O)OC(COCCC(C(=O)O)[N+](C)(C)C)COC(=O)CCCCCCCCCCCCCCCCCCC. The summed E-state index contributed by atoms with van der Waals surface area (Å²) in [6.45, 7) is 4.63. The van der Waals surface area contributed by atoms with Crippen LogP contribution in [0.15, 0.2) is 48.6 Å². The highest BCUT2D eigenvalue weighted by atomic mass is 16.6. The fraction of sp³-hybridized carbons (Fsp3) is 0.788. The van der Waals surface area contributed by atoms with Crippen LogP contribution in [0, 0.1) is 0 Å². The van der Waals surface area contributed by atoms with E-state index in [0.29, 0.717) is 19.3 Å². The first kappa shape index (κ1) is 57.3. The number of carboxylic acids is 1. The summed E-state index contributed by atoms with van der Waals surface area (Å²) in [5, 5.41) is 9.64. The predicted octanol–water partition coefficient (Wildman–Crippen LogP) is 14.0. The lowest BCUT2D eigenvalue weighted by Crippen LogP contribution is -2.50. The van der Waals surface area contributed by atoms with E-state index in [9.17, 15) is 19.5 Å². The molecule has 0 aromatic carbocycles. The molecule has 0 heterocycles. The van der Waals surface area contributed by atoms with Crippen LogP contribution in [0.3, 0.4) is 0 Å². The first-order valence-electron chi connectivity index (χ1n) is 24.7. The van der Waals surface area contributed by atoms with Crippen LogP contribution in [0.1, 0.15) is 213 Å². The van der Waals surface area contributed by atoms with Gasteiger partial charge in [0.15, 0.2) is 12.1 Å². The van der Waals surface area contributed by atoms with Crippen molar-refractivity contribution in [1.82, 2.24) is 0 Å². The van der Waals surface area contributed by atoms with Crippen LogP contribution in [0.4, 0.5) is 0 Å². The Morgan fingerprint density at radius 2 is 0.933 bits per heavy atom. The maximum Gasteiger partial charge on any atom is 0.362 e.